The minimum Gasteiger partial charge on any atom is -0.496 e. The van der Waals surface area contributed by atoms with Crippen LogP contribution in [0.4, 0.5) is 5.69 Å². The molecule has 9 aromatic rings. The van der Waals surface area contributed by atoms with Gasteiger partial charge in [0.2, 0.25) is 0 Å². The lowest BCUT2D eigenvalue weighted by molar-refractivity contribution is 0.416. The van der Waals surface area contributed by atoms with Gasteiger partial charge in [0, 0.05) is 31.0 Å². The highest BCUT2D eigenvalue weighted by molar-refractivity contribution is 9.11. The molecule has 3 nitrogen and oxygen atoms in total. The van der Waals surface area contributed by atoms with Crippen molar-refractivity contribution in [1.29, 1.82) is 0 Å². The maximum absolute atomic E-state index is 6.09. The molecule has 418 valence electrons. The fourth-order valence-corrected chi connectivity index (χ4v) is 17.3. The molecule has 2 aliphatic carbocycles. The lowest BCUT2D eigenvalue weighted by Gasteiger charge is -2.39. The van der Waals surface area contributed by atoms with E-state index in [0.29, 0.717) is 23.7 Å². The Labute approximate surface area is 499 Å². The third kappa shape index (κ3) is 14.2. The molecule has 11 rings (SSSR count). The monoisotopic (exact) mass is 1210 g/mol. The average Bonchev–Trinajstić information content (AvgIpc) is 3.99. The minimum atomic E-state index is -0.122. The Bertz CT molecular complexity index is 3260. The number of anilines is 1. The zero-order valence-corrected chi connectivity index (χ0v) is 53.5. The number of rotatable bonds is 11. The highest BCUT2D eigenvalue weighted by Gasteiger charge is 2.34. The second-order valence-electron chi connectivity index (χ2n) is 23.2. The van der Waals surface area contributed by atoms with Crippen molar-refractivity contribution >= 4 is 72.6 Å². The number of nitrogens with zero attached hydrogens (tertiary/aromatic N) is 1. The van der Waals surface area contributed by atoms with Gasteiger partial charge in [0.05, 0.1) is 23.8 Å². The molecule has 2 fully saturated rings. The first-order chi connectivity index (χ1) is 38.7. The maximum atomic E-state index is 6.09. The van der Waals surface area contributed by atoms with Crippen molar-refractivity contribution < 1.29 is 4.74 Å². The van der Waals surface area contributed by atoms with Crippen LogP contribution in [0.15, 0.2) is 185 Å². The fourth-order valence-electron chi connectivity index (χ4n) is 12.4. The van der Waals surface area contributed by atoms with Crippen LogP contribution in [0.25, 0.3) is 49.7 Å². The molecule has 0 saturated heterocycles. The van der Waals surface area contributed by atoms with E-state index < -0.39 is 0 Å². The second kappa shape index (κ2) is 29.0. The van der Waals surface area contributed by atoms with Crippen LogP contribution in [0.5, 0.6) is 5.75 Å². The molecule has 2 saturated carbocycles. The molecule has 8 aromatic carbocycles. The summed E-state index contributed by atoms with van der Waals surface area (Å²) in [5, 5.41) is 4.31. The number of aromatic nitrogens is 1. The normalized spacial score (nSPS) is 14.0. The summed E-state index contributed by atoms with van der Waals surface area (Å²) < 4.78 is 10.5. The fraction of sp³-hybridized carbons (Fsp3) is 0.351. The summed E-state index contributed by atoms with van der Waals surface area (Å²) in [7, 11) is 1.69. The van der Waals surface area contributed by atoms with Gasteiger partial charge in [-0.2, -0.15) is 0 Å². The van der Waals surface area contributed by atoms with Crippen LogP contribution in [0, 0.1) is 6.92 Å². The highest BCUT2D eigenvalue weighted by Crippen LogP contribution is 2.57. The maximum Gasteiger partial charge on any atom is 0.126 e. The number of hydrogen-bond acceptors (Lipinski definition) is 2. The summed E-state index contributed by atoms with van der Waals surface area (Å²) in [6.45, 7) is 20.1. The van der Waals surface area contributed by atoms with E-state index in [9.17, 15) is 0 Å². The van der Waals surface area contributed by atoms with Crippen LogP contribution in [-0.2, 0) is 0 Å². The van der Waals surface area contributed by atoms with Crippen molar-refractivity contribution in [2.75, 3.05) is 12.8 Å². The number of methoxy groups -OCH3 is 1. The van der Waals surface area contributed by atoms with E-state index in [1.165, 1.54) is 142 Å². The molecular weight excluding hydrogens is 1120 g/mol. The zero-order chi connectivity index (χ0) is 56.9. The van der Waals surface area contributed by atoms with Gasteiger partial charge in [-0.15, -0.1) is 0 Å². The molecule has 2 N–H and O–H groups in total. The summed E-state index contributed by atoms with van der Waals surface area (Å²) in [5.41, 5.74) is 24.7. The van der Waals surface area contributed by atoms with Crippen molar-refractivity contribution in [2.24, 2.45) is 0 Å². The molecule has 1 aromatic heterocycles. The van der Waals surface area contributed by atoms with Gasteiger partial charge in [0.1, 0.15) is 5.75 Å². The number of nitrogens with two attached hydrogens (primary N) is 1. The third-order valence-electron chi connectivity index (χ3n) is 16.4. The predicted molar refractivity (Wildman–Crippen MR) is 359 cm³/mol. The Kier molecular flexibility index (Phi) is 22.0. The molecule has 1 heterocycles. The third-order valence-corrected chi connectivity index (χ3v) is 21.4. The first kappa shape index (κ1) is 60.6. The number of benzene rings is 8. The van der Waals surface area contributed by atoms with E-state index in [4.69, 9.17) is 10.5 Å². The Morgan fingerprint density at radius 3 is 1.27 bits per heavy atom. The molecule has 80 heavy (non-hydrogen) atoms. The molecule has 0 aliphatic heterocycles. The van der Waals surface area contributed by atoms with Crippen molar-refractivity contribution in [3.8, 4) is 33.7 Å². The number of fused-ring (bicyclic) bond motifs is 3. The molecule has 0 radical (unpaired) electrons. The Balaban J connectivity index is 0.000000148. The van der Waals surface area contributed by atoms with Gasteiger partial charge in [-0.1, -0.05) is 279 Å². The smallest absolute Gasteiger partial charge is 0.126 e. The molecule has 0 spiro atoms. The highest BCUT2D eigenvalue weighted by atomic mass is 79.9. The Morgan fingerprint density at radius 1 is 0.450 bits per heavy atom. The first-order valence-electron chi connectivity index (χ1n) is 29.7. The van der Waals surface area contributed by atoms with Crippen LogP contribution in [0.3, 0.4) is 0 Å². The van der Waals surface area contributed by atoms with Crippen molar-refractivity contribution in [2.45, 2.75) is 162 Å². The summed E-state index contributed by atoms with van der Waals surface area (Å²) in [4.78, 5) is 0. The summed E-state index contributed by atoms with van der Waals surface area (Å²) in [6, 6.07) is 62.9. The van der Waals surface area contributed by atoms with Crippen molar-refractivity contribution in [3.63, 3.8) is 0 Å². The van der Waals surface area contributed by atoms with Gasteiger partial charge in [-0.05, 0) is 148 Å². The van der Waals surface area contributed by atoms with Crippen LogP contribution in [-0.4, -0.2) is 23.0 Å². The van der Waals surface area contributed by atoms with E-state index in [2.05, 4.69) is 250 Å². The number of aryl methyl sites for hydroxylation is 1. The van der Waals surface area contributed by atoms with Gasteiger partial charge >= 0.3 is 0 Å². The van der Waals surface area contributed by atoms with E-state index in [-0.39, 0.29) is 7.92 Å². The average molecular weight is 1210 g/mol. The Morgan fingerprint density at radius 2 is 0.838 bits per heavy atom. The van der Waals surface area contributed by atoms with Crippen LogP contribution >= 0.6 is 39.8 Å². The molecule has 0 bridgehead atoms. The second-order valence-corrected chi connectivity index (χ2v) is 27.7. The summed E-state index contributed by atoms with van der Waals surface area (Å²) in [6.07, 6.45) is 14.4. The van der Waals surface area contributed by atoms with Crippen molar-refractivity contribution in [1.82, 2.24) is 4.57 Å². The number of halogens is 2. The van der Waals surface area contributed by atoms with Crippen LogP contribution < -0.4 is 15.8 Å². The number of para-hydroxylation sites is 4. The number of ether oxygens (including phenoxy) is 1. The number of hydrogen-bond donors (Lipinski definition) is 1. The summed E-state index contributed by atoms with van der Waals surface area (Å²) >= 11 is 7.09. The molecule has 0 unspecified atom stereocenters. The van der Waals surface area contributed by atoms with Gasteiger partial charge in [0.15, 0.2) is 0 Å². The number of nitrogen functional groups attached to an aromatic ring is 1. The lowest BCUT2D eigenvalue weighted by atomic mass is 9.92. The van der Waals surface area contributed by atoms with Gasteiger partial charge in [-0.3, -0.25) is 0 Å². The van der Waals surface area contributed by atoms with Gasteiger partial charge in [0.25, 0.3) is 0 Å². The van der Waals surface area contributed by atoms with Gasteiger partial charge in [-0.25, -0.2) is 0 Å². The molecule has 6 heteroatoms. The van der Waals surface area contributed by atoms with E-state index in [1.54, 1.807) is 5.30 Å². The van der Waals surface area contributed by atoms with Gasteiger partial charge < -0.3 is 15.0 Å². The molecule has 0 atom stereocenters. The van der Waals surface area contributed by atoms with E-state index in [1.807, 2.05) is 31.4 Å². The quantitative estimate of drug-likeness (QED) is 0.104. The van der Waals surface area contributed by atoms with E-state index in [0.717, 1.165) is 31.7 Å². The zero-order valence-electron chi connectivity index (χ0n) is 49.4. The molecule has 0 amide bonds. The summed E-state index contributed by atoms with van der Waals surface area (Å²) in [5.74, 6) is 3.01. The molecular formula is C74H87Br2N2OP. The van der Waals surface area contributed by atoms with Crippen LogP contribution in [0.2, 0.25) is 0 Å². The standard InChI is InChI=1S/C26H35OP.C24H25N.C12H8Br2.C12H19N/c1-20-12-11-18-24(27-2)26(20)23-17-9-10-19-25(23)28(21-13-5-3-6-14-21)22-15-7-4-8-16-22;1-16(2)18-12-9-13-19(17(3)4)24(18)25-22-14-7-5-10-20(22)21-11-6-8-15-23(21)25;13-11-7-3-1-5-9(11)10-6-2-4-8-12(10)14;1-8(2)10-6-5-7-11(9(3)4)12(10)13/h9-12,17-19,21-22H,3-8,13-16H2,1-2H3;5-17H,1-4H3;1-8H;5-9H,13H2,1-4H3. The first-order valence-corrected chi connectivity index (χ1v) is 32.8. The SMILES string of the molecule is Brc1ccccc1-c1ccccc1Br.CC(C)c1cccc(C(C)C)c1-n1c2ccccc2c2ccccc21.CC(C)c1cccc(C(C)C)c1N.COc1cccc(C)c1-c1ccccc1P(C1CCCCC1)C1CCCCC1. The lowest BCUT2D eigenvalue weighted by Crippen LogP contribution is -2.27. The topological polar surface area (TPSA) is 40.2 Å². The van der Waals surface area contributed by atoms with Crippen molar-refractivity contribution in [3.05, 3.63) is 213 Å². The predicted octanol–water partition coefficient (Wildman–Crippen LogP) is 22.9. The largest absolute Gasteiger partial charge is 0.496 e. The van der Waals surface area contributed by atoms with E-state index >= 15 is 0 Å². The van der Waals surface area contributed by atoms with Crippen LogP contribution in [0.1, 0.15) is 171 Å². The Hall–Kier alpha value is -5.45. The molecule has 2 aliphatic rings. The minimum absolute atomic E-state index is 0.122.